The molecular weight excluding hydrogens is 444 g/mol. The lowest BCUT2D eigenvalue weighted by atomic mass is 9.79. The summed E-state index contributed by atoms with van der Waals surface area (Å²) in [5, 5.41) is 17.9. The Balaban J connectivity index is 1.36. The molecule has 1 aromatic carbocycles. The molecule has 0 fully saturated rings. The van der Waals surface area contributed by atoms with Gasteiger partial charge in [-0.25, -0.2) is 4.98 Å². The molecule has 0 saturated heterocycles. The van der Waals surface area contributed by atoms with Crippen molar-refractivity contribution >= 4 is 16.8 Å². The maximum Gasteiger partial charge on any atom is 0.251 e. The monoisotopic (exact) mass is 468 g/mol. The standard InChI is InChI=1S/C26H24N6O3/c1-16-8-24(34-3)32(31-16)23-7-6-18-11-28-20(10-22(18)30-23)12-29-25(33)17-4-5-19-13-35-15-26(2,14-27)21(19)9-17/h4-11H,12-13,15H2,1-3H3,(H,29,33)/t26-/m1/s1. The Labute approximate surface area is 202 Å². The average molecular weight is 469 g/mol. The minimum absolute atomic E-state index is 0.236. The van der Waals surface area contributed by atoms with Crippen molar-refractivity contribution in [3.63, 3.8) is 0 Å². The molecular formula is C26H24N6O3. The first kappa shape index (κ1) is 22.5. The number of nitriles is 1. The topological polar surface area (TPSA) is 115 Å². The van der Waals surface area contributed by atoms with E-state index < -0.39 is 5.41 Å². The zero-order chi connectivity index (χ0) is 24.6. The molecule has 0 radical (unpaired) electrons. The van der Waals surface area contributed by atoms with Gasteiger partial charge in [0.15, 0.2) is 5.82 Å². The van der Waals surface area contributed by atoms with Gasteiger partial charge in [-0.2, -0.15) is 15.0 Å². The first-order valence-electron chi connectivity index (χ1n) is 11.2. The molecule has 0 saturated carbocycles. The second kappa shape index (κ2) is 8.81. The van der Waals surface area contributed by atoms with Crippen LogP contribution < -0.4 is 10.1 Å². The summed E-state index contributed by atoms with van der Waals surface area (Å²) in [4.78, 5) is 22.1. The van der Waals surface area contributed by atoms with Crippen LogP contribution in [0.3, 0.4) is 0 Å². The number of hydrogen-bond donors (Lipinski definition) is 1. The van der Waals surface area contributed by atoms with E-state index in [9.17, 15) is 10.1 Å². The molecule has 5 rings (SSSR count). The molecule has 0 unspecified atom stereocenters. The third kappa shape index (κ3) is 4.20. The molecule has 1 amide bonds. The summed E-state index contributed by atoms with van der Waals surface area (Å²) in [6, 6.07) is 15.2. The highest BCUT2D eigenvalue weighted by atomic mass is 16.5. The fourth-order valence-corrected chi connectivity index (χ4v) is 4.21. The number of aryl methyl sites for hydroxylation is 1. The number of nitrogens with zero attached hydrogens (tertiary/aromatic N) is 5. The van der Waals surface area contributed by atoms with E-state index in [1.807, 2.05) is 44.2 Å². The zero-order valence-corrected chi connectivity index (χ0v) is 19.7. The summed E-state index contributed by atoms with van der Waals surface area (Å²) in [7, 11) is 1.59. The molecule has 0 aliphatic carbocycles. The highest BCUT2D eigenvalue weighted by molar-refractivity contribution is 5.94. The van der Waals surface area contributed by atoms with E-state index in [2.05, 4.69) is 21.5 Å². The summed E-state index contributed by atoms with van der Waals surface area (Å²) >= 11 is 0. The number of fused-ring (bicyclic) bond motifs is 2. The van der Waals surface area contributed by atoms with Crippen molar-refractivity contribution in [3.8, 4) is 17.8 Å². The van der Waals surface area contributed by atoms with Crippen LogP contribution >= 0.6 is 0 Å². The minimum Gasteiger partial charge on any atom is -0.481 e. The van der Waals surface area contributed by atoms with E-state index in [1.165, 1.54) is 0 Å². The molecule has 176 valence electrons. The summed E-state index contributed by atoms with van der Waals surface area (Å²) < 4.78 is 12.6. The van der Waals surface area contributed by atoms with Gasteiger partial charge in [0.05, 0.1) is 49.8 Å². The Hall–Kier alpha value is -4.29. The highest BCUT2D eigenvalue weighted by Gasteiger charge is 2.33. The predicted octanol–water partition coefficient (Wildman–Crippen LogP) is 3.37. The lowest BCUT2D eigenvalue weighted by Crippen LogP contribution is -2.33. The van der Waals surface area contributed by atoms with Crippen LogP contribution in [0.1, 0.15) is 39.8 Å². The maximum atomic E-state index is 12.9. The van der Waals surface area contributed by atoms with Crippen LogP contribution in [0.15, 0.2) is 48.7 Å². The molecule has 4 aromatic rings. The van der Waals surface area contributed by atoms with Gasteiger partial charge < -0.3 is 14.8 Å². The molecule has 3 aromatic heterocycles. The van der Waals surface area contributed by atoms with Crippen molar-refractivity contribution in [3.05, 3.63) is 76.7 Å². The molecule has 0 bridgehead atoms. The van der Waals surface area contributed by atoms with Gasteiger partial charge in [-0.15, -0.1) is 0 Å². The highest BCUT2D eigenvalue weighted by Crippen LogP contribution is 2.32. The van der Waals surface area contributed by atoms with E-state index in [-0.39, 0.29) is 12.5 Å². The van der Waals surface area contributed by atoms with Crippen LogP contribution in [-0.2, 0) is 23.3 Å². The number of methoxy groups -OCH3 is 1. The van der Waals surface area contributed by atoms with Gasteiger partial charge in [-0.3, -0.25) is 9.78 Å². The molecule has 1 N–H and O–H groups in total. The quantitative estimate of drug-likeness (QED) is 0.477. The van der Waals surface area contributed by atoms with Gasteiger partial charge in [0.2, 0.25) is 5.88 Å². The van der Waals surface area contributed by atoms with Crippen LogP contribution in [0.25, 0.3) is 16.7 Å². The Morgan fingerprint density at radius 1 is 1.29 bits per heavy atom. The summed E-state index contributed by atoms with van der Waals surface area (Å²) in [6.45, 7) is 4.70. The number of rotatable bonds is 5. The number of aromatic nitrogens is 4. The minimum atomic E-state index is -0.775. The number of benzene rings is 1. The van der Waals surface area contributed by atoms with Crippen LogP contribution in [0, 0.1) is 18.3 Å². The smallest absolute Gasteiger partial charge is 0.251 e. The SMILES string of the molecule is COc1cc(C)nn1-c1ccc2cnc(CNC(=O)c3ccc4c(c3)[C@](C)(C#N)COC4)cc2n1. The molecule has 1 aliphatic heterocycles. The molecule has 1 atom stereocenters. The Bertz CT molecular complexity index is 1490. The normalized spacial score (nSPS) is 17.0. The fourth-order valence-electron chi connectivity index (χ4n) is 4.21. The van der Waals surface area contributed by atoms with Crippen LogP contribution in [0.5, 0.6) is 5.88 Å². The summed E-state index contributed by atoms with van der Waals surface area (Å²) in [5.41, 5.74) is 3.72. The van der Waals surface area contributed by atoms with Crippen molar-refractivity contribution in [2.75, 3.05) is 13.7 Å². The van der Waals surface area contributed by atoms with Gasteiger partial charge in [-0.1, -0.05) is 6.07 Å². The van der Waals surface area contributed by atoms with Crippen molar-refractivity contribution in [1.29, 1.82) is 5.26 Å². The van der Waals surface area contributed by atoms with Crippen molar-refractivity contribution in [2.45, 2.75) is 32.4 Å². The molecule has 9 heteroatoms. The Kier molecular flexibility index (Phi) is 5.67. The molecule has 35 heavy (non-hydrogen) atoms. The Morgan fingerprint density at radius 3 is 2.94 bits per heavy atom. The fraction of sp³-hybridized carbons (Fsp3) is 0.269. The van der Waals surface area contributed by atoms with Crippen molar-refractivity contribution in [1.82, 2.24) is 25.1 Å². The van der Waals surface area contributed by atoms with Crippen molar-refractivity contribution in [2.24, 2.45) is 0 Å². The van der Waals surface area contributed by atoms with E-state index in [1.54, 1.807) is 30.1 Å². The number of hydrogen-bond acceptors (Lipinski definition) is 7. The van der Waals surface area contributed by atoms with Gasteiger partial charge in [-0.05, 0) is 55.3 Å². The number of nitrogens with one attached hydrogen (secondary N) is 1. The average Bonchev–Trinajstić information content (AvgIpc) is 3.27. The summed E-state index contributed by atoms with van der Waals surface area (Å²) in [6.07, 6.45) is 1.73. The molecule has 9 nitrogen and oxygen atoms in total. The van der Waals surface area contributed by atoms with E-state index in [4.69, 9.17) is 14.5 Å². The predicted molar refractivity (Wildman–Crippen MR) is 128 cm³/mol. The number of amides is 1. The molecule has 4 heterocycles. The number of pyridine rings is 2. The van der Waals surface area contributed by atoms with Gasteiger partial charge in [0.1, 0.15) is 5.41 Å². The second-order valence-electron chi connectivity index (χ2n) is 8.77. The van der Waals surface area contributed by atoms with E-state index in [0.717, 1.165) is 27.7 Å². The van der Waals surface area contributed by atoms with Gasteiger partial charge in [0.25, 0.3) is 5.91 Å². The second-order valence-corrected chi connectivity index (χ2v) is 8.77. The third-order valence-corrected chi connectivity index (χ3v) is 6.13. The first-order valence-corrected chi connectivity index (χ1v) is 11.2. The number of carbonyl (C=O) groups excluding carboxylic acids is 1. The van der Waals surface area contributed by atoms with E-state index >= 15 is 0 Å². The lowest BCUT2D eigenvalue weighted by molar-refractivity contribution is 0.0757. The maximum absolute atomic E-state index is 12.9. The lowest BCUT2D eigenvalue weighted by Gasteiger charge is -2.30. The first-order chi connectivity index (χ1) is 16.9. The Morgan fingerprint density at radius 2 is 2.14 bits per heavy atom. The van der Waals surface area contributed by atoms with Crippen LogP contribution in [0.4, 0.5) is 0 Å². The van der Waals surface area contributed by atoms with Gasteiger partial charge in [0, 0.05) is 23.2 Å². The van der Waals surface area contributed by atoms with Crippen LogP contribution in [0.2, 0.25) is 0 Å². The number of ether oxygens (including phenoxy) is 2. The third-order valence-electron chi connectivity index (χ3n) is 6.13. The molecule has 0 spiro atoms. The number of carbonyl (C=O) groups is 1. The van der Waals surface area contributed by atoms with Gasteiger partial charge >= 0.3 is 0 Å². The van der Waals surface area contributed by atoms with Crippen molar-refractivity contribution < 1.29 is 14.3 Å². The van der Waals surface area contributed by atoms with E-state index in [0.29, 0.717) is 36.2 Å². The van der Waals surface area contributed by atoms with Crippen LogP contribution in [-0.4, -0.2) is 39.4 Å². The molecule has 1 aliphatic rings. The summed E-state index contributed by atoms with van der Waals surface area (Å²) in [5.74, 6) is 0.988. The zero-order valence-electron chi connectivity index (χ0n) is 19.7. The largest absolute Gasteiger partial charge is 0.481 e.